The minimum atomic E-state index is 0.291. The van der Waals surface area contributed by atoms with Gasteiger partial charge in [-0.2, -0.15) is 0 Å². The van der Waals surface area contributed by atoms with Crippen LogP contribution >= 0.6 is 0 Å². The molecule has 3 unspecified atom stereocenters. The fourth-order valence-corrected chi connectivity index (χ4v) is 2.97. The maximum atomic E-state index is 5.74. The molecule has 0 radical (unpaired) electrons. The molecular formula is C15H28O2. The Labute approximate surface area is 106 Å². The molecule has 1 saturated heterocycles. The average molecular weight is 240 g/mol. The van der Waals surface area contributed by atoms with E-state index in [1.54, 1.807) is 0 Å². The number of unbranched alkanes of at least 4 members (excludes halogenated alkanes) is 2. The molecule has 2 heteroatoms. The van der Waals surface area contributed by atoms with Gasteiger partial charge in [0.05, 0.1) is 11.7 Å². The van der Waals surface area contributed by atoms with Gasteiger partial charge in [0.15, 0.2) is 0 Å². The Morgan fingerprint density at radius 1 is 1.24 bits per heavy atom. The highest BCUT2D eigenvalue weighted by molar-refractivity contribution is 5.03. The number of fused-ring (bicyclic) bond motifs is 1. The van der Waals surface area contributed by atoms with Crippen LogP contribution < -0.4 is 0 Å². The molecule has 0 bridgehead atoms. The lowest BCUT2D eigenvalue weighted by Crippen LogP contribution is -2.21. The Hall–Kier alpha value is -0.0800. The molecule has 0 aromatic rings. The van der Waals surface area contributed by atoms with Crippen LogP contribution in [0, 0.1) is 5.92 Å². The SMILES string of the molecule is CCCCOCCCCC1CCC2(C)OC2C1. The van der Waals surface area contributed by atoms with Crippen LogP contribution in [0.25, 0.3) is 0 Å². The van der Waals surface area contributed by atoms with E-state index in [2.05, 4.69) is 13.8 Å². The first-order valence-corrected chi connectivity index (χ1v) is 7.50. The summed E-state index contributed by atoms with van der Waals surface area (Å²) in [4.78, 5) is 0. The normalized spacial score (nSPS) is 35.6. The molecular weight excluding hydrogens is 212 g/mol. The summed E-state index contributed by atoms with van der Waals surface area (Å²) in [5.41, 5.74) is 0.291. The molecule has 1 aliphatic carbocycles. The standard InChI is InChI=1S/C15H28O2/c1-3-4-10-16-11-6-5-7-13-8-9-15(2)14(12-13)17-15/h13-14H,3-12H2,1-2H3. The molecule has 100 valence electrons. The van der Waals surface area contributed by atoms with E-state index in [0.29, 0.717) is 11.7 Å². The van der Waals surface area contributed by atoms with Gasteiger partial charge in [0.1, 0.15) is 0 Å². The fourth-order valence-electron chi connectivity index (χ4n) is 2.97. The van der Waals surface area contributed by atoms with Gasteiger partial charge in [-0.05, 0) is 44.9 Å². The molecule has 0 aromatic heterocycles. The van der Waals surface area contributed by atoms with Gasteiger partial charge in [-0.15, -0.1) is 0 Å². The molecule has 2 aliphatic rings. The number of hydrogen-bond donors (Lipinski definition) is 0. The maximum absolute atomic E-state index is 5.74. The van der Waals surface area contributed by atoms with E-state index < -0.39 is 0 Å². The van der Waals surface area contributed by atoms with Crippen molar-refractivity contribution in [3.05, 3.63) is 0 Å². The van der Waals surface area contributed by atoms with Gasteiger partial charge in [0.25, 0.3) is 0 Å². The third kappa shape index (κ3) is 3.96. The van der Waals surface area contributed by atoms with Gasteiger partial charge in [0, 0.05) is 13.2 Å². The number of epoxide rings is 1. The molecule has 0 spiro atoms. The summed E-state index contributed by atoms with van der Waals surface area (Å²) in [6.45, 7) is 6.40. The fraction of sp³-hybridized carbons (Fsp3) is 1.00. The summed E-state index contributed by atoms with van der Waals surface area (Å²) in [6.07, 6.45) is 11.0. The van der Waals surface area contributed by atoms with Crippen molar-refractivity contribution in [1.29, 1.82) is 0 Å². The highest BCUT2D eigenvalue weighted by atomic mass is 16.6. The summed E-state index contributed by atoms with van der Waals surface area (Å²) in [7, 11) is 0. The van der Waals surface area contributed by atoms with Crippen molar-refractivity contribution < 1.29 is 9.47 Å². The summed E-state index contributed by atoms with van der Waals surface area (Å²) < 4.78 is 11.3. The molecule has 1 aliphatic heterocycles. The minimum Gasteiger partial charge on any atom is -0.381 e. The molecule has 0 amide bonds. The number of rotatable bonds is 8. The molecule has 0 aromatic carbocycles. The van der Waals surface area contributed by atoms with Crippen LogP contribution in [0.2, 0.25) is 0 Å². The lowest BCUT2D eigenvalue weighted by atomic mass is 9.81. The van der Waals surface area contributed by atoms with E-state index in [-0.39, 0.29) is 0 Å². The zero-order valence-corrected chi connectivity index (χ0v) is 11.5. The van der Waals surface area contributed by atoms with E-state index in [0.717, 1.165) is 19.1 Å². The van der Waals surface area contributed by atoms with E-state index in [9.17, 15) is 0 Å². The highest BCUT2D eigenvalue weighted by Crippen LogP contribution is 2.50. The lowest BCUT2D eigenvalue weighted by Gasteiger charge is -2.22. The zero-order chi connectivity index (χ0) is 12.1. The third-order valence-corrected chi connectivity index (χ3v) is 4.43. The van der Waals surface area contributed by atoms with Crippen LogP contribution in [-0.4, -0.2) is 24.9 Å². The second-order valence-corrected chi connectivity index (χ2v) is 6.02. The first-order chi connectivity index (χ1) is 8.24. The summed E-state index contributed by atoms with van der Waals surface area (Å²) >= 11 is 0. The van der Waals surface area contributed by atoms with Crippen LogP contribution in [0.5, 0.6) is 0 Å². The van der Waals surface area contributed by atoms with Crippen molar-refractivity contribution in [2.45, 2.75) is 76.9 Å². The van der Waals surface area contributed by atoms with E-state index in [4.69, 9.17) is 9.47 Å². The van der Waals surface area contributed by atoms with Gasteiger partial charge >= 0.3 is 0 Å². The highest BCUT2D eigenvalue weighted by Gasteiger charge is 2.54. The third-order valence-electron chi connectivity index (χ3n) is 4.43. The van der Waals surface area contributed by atoms with E-state index in [1.807, 2.05) is 0 Å². The molecule has 0 N–H and O–H groups in total. The molecule has 1 saturated carbocycles. The van der Waals surface area contributed by atoms with Crippen LogP contribution in [0.15, 0.2) is 0 Å². The Bertz CT molecular complexity index is 229. The Morgan fingerprint density at radius 2 is 2.06 bits per heavy atom. The first kappa shape index (κ1) is 13.4. The predicted molar refractivity (Wildman–Crippen MR) is 70.2 cm³/mol. The molecule has 3 atom stereocenters. The molecule has 2 rings (SSSR count). The summed E-state index contributed by atoms with van der Waals surface area (Å²) in [6, 6.07) is 0. The van der Waals surface area contributed by atoms with Gasteiger partial charge in [-0.25, -0.2) is 0 Å². The monoisotopic (exact) mass is 240 g/mol. The van der Waals surface area contributed by atoms with Gasteiger partial charge in [-0.1, -0.05) is 26.2 Å². The van der Waals surface area contributed by atoms with Crippen LogP contribution in [0.1, 0.15) is 65.2 Å². The summed E-state index contributed by atoms with van der Waals surface area (Å²) in [5.74, 6) is 0.922. The minimum absolute atomic E-state index is 0.291. The Balaban J connectivity index is 1.44. The Morgan fingerprint density at radius 3 is 2.82 bits per heavy atom. The van der Waals surface area contributed by atoms with Crippen molar-refractivity contribution >= 4 is 0 Å². The predicted octanol–water partition coefficient (Wildman–Crippen LogP) is 3.93. The van der Waals surface area contributed by atoms with Crippen molar-refractivity contribution in [2.24, 2.45) is 5.92 Å². The second-order valence-electron chi connectivity index (χ2n) is 6.02. The zero-order valence-electron chi connectivity index (χ0n) is 11.5. The second kappa shape index (κ2) is 6.19. The average Bonchev–Trinajstić information content (AvgIpc) is 2.99. The summed E-state index contributed by atoms with van der Waals surface area (Å²) in [5, 5.41) is 0. The first-order valence-electron chi connectivity index (χ1n) is 7.50. The lowest BCUT2D eigenvalue weighted by molar-refractivity contribution is 0.125. The number of ether oxygens (including phenoxy) is 2. The maximum Gasteiger partial charge on any atom is 0.0920 e. The molecule has 2 nitrogen and oxygen atoms in total. The quantitative estimate of drug-likeness (QED) is 0.473. The largest absolute Gasteiger partial charge is 0.381 e. The van der Waals surface area contributed by atoms with Crippen molar-refractivity contribution in [1.82, 2.24) is 0 Å². The van der Waals surface area contributed by atoms with Crippen molar-refractivity contribution in [2.75, 3.05) is 13.2 Å². The van der Waals surface area contributed by atoms with Crippen LogP contribution in [0.4, 0.5) is 0 Å². The van der Waals surface area contributed by atoms with E-state index in [1.165, 1.54) is 51.4 Å². The van der Waals surface area contributed by atoms with Crippen molar-refractivity contribution in [3.8, 4) is 0 Å². The van der Waals surface area contributed by atoms with Crippen LogP contribution in [-0.2, 0) is 9.47 Å². The van der Waals surface area contributed by atoms with Gasteiger partial charge < -0.3 is 9.47 Å². The number of hydrogen-bond acceptors (Lipinski definition) is 2. The Kier molecular flexibility index (Phi) is 4.87. The molecule has 1 heterocycles. The topological polar surface area (TPSA) is 21.8 Å². The van der Waals surface area contributed by atoms with Gasteiger partial charge in [0.2, 0.25) is 0 Å². The van der Waals surface area contributed by atoms with Crippen molar-refractivity contribution in [3.63, 3.8) is 0 Å². The van der Waals surface area contributed by atoms with E-state index >= 15 is 0 Å². The van der Waals surface area contributed by atoms with Crippen LogP contribution in [0.3, 0.4) is 0 Å². The molecule has 17 heavy (non-hydrogen) atoms. The van der Waals surface area contributed by atoms with Gasteiger partial charge in [-0.3, -0.25) is 0 Å². The molecule has 2 fully saturated rings. The smallest absolute Gasteiger partial charge is 0.0920 e.